The monoisotopic (exact) mass is 893 g/mol. The van der Waals surface area contributed by atoms with E-state index >= 15 is 0 Å². The summed E-state index contributed by atoms with van der Waals surface area (Å²) >= 11 is 25.8. The normalized spacial score (nSPS) is 36.6. The fourth-order valence-corrected chi connectivity index (χ4v) is 13.6. The molecule has 2 spiro atoms. The molecule has 11 rings (SSSR count). The summed E-state index contributed by atoms with van der Waals surface area (Å²) in [4.78, 5) is 44.0. The number of carbonyl (C=O) groups is 3. The van der Waals surface area contributed by atoms with Crippen molar-refractivity contribution in [2.45, 2.75) is 105 Å². The summed E-state index contributed by atoms with van der Waals surface area (Å²) < 4.78 is 15.7. The highest BCUT2D eigenvalue weighted by molar-refractivity contribution is 6.54. The Morgan fingerprint density at radius 3 is 1.28 bits per heavy atom. The highest BCUT2D eigenvalue weighted by Gasteiger charge is 2.84. The zero-order valence-corrected chi connectivity index (χ0v) is 37.0. The molecule has 318 valence electrons. The second-order valence-corrected chi connectivity index (χ2v) is 20.0. The van der Waals surface area contributed by atoms with Gasteiger partial charge >= 0.3 is 0 Å². The Labute approximate surface area is 372 Å². The van der Waals surface area contributed by atoms with Gasteiger partial charge in [-0.25, -0.2) is 0 Å². The van der Waals surface area contributed by atoms with Gasteiger partial charge in [-0.3, -0.25) is 14.4 Å². The first kappa shape index (κ1) is 42.2. The number of hydrogen-bond donors (Lipinski definition) is 0. The molecule has 2 saturated carbocycles. The van der Waals surface area contributed by atoms with Crippen LogP contribution in [0, 0.1) is 22.7 Å². The SMILES string of the molecule is CC/C=C1\CC2CO[C@H](c3ccccc3)N2C1=O.CC[C@@H]1C(Cl)(Cl)C12CC1CO[C@H](c3ccccc3)N1C2=O.CC[C@H]1C(Cl)(Cl)C12CC1CO[C@H](c3ccccc3)N1C2=O. The number of allylic oxidation sites excluding steroid dienone is 1. The summed E-state index contributed by atoms with van der Waals surface area (Å²) in [7, 11) is 0. The van der Waals surface area contributed by atoms with E-state index in [1.54, 1.807) is 0 Å². The number of fused-ring (bicyclic) bond motifs is 3. The zero-order chi connectivity index (χ0) is 42.2. The van der Waals surface area contributed by atoms with Gasteiger partial charge in [0, 0.05) is 40.5 Å². The lowest BCUT2D eigenvalue weighted by molar-refractivity contribution is -0.139. The Hall–Kier alpha value is -3.15. The van der Waals surface area contributed by atoms with Crippen LogP contribution in [0.3, 0.4) is 0 Å². The fraction of sp³-hybridized carbons (Fsp3) is 0.511. The molecule has 8 aliphatic rings. The quantitative estimate of drug-likeness (QED) is 0.181. The molecule has 6 saturated heterocycles. The molecule has 60 heavy (non-hydrogen) atoms. The number of alkyl halides is 4. The van der Waals surface area contributed by atoms with Crippen LogP contribution in [0.5, 0.6) is 0 Å². The van der Waals surface area contributed by atoms with Gasteiger partial charge in [0.05, 0.1) is 48.8 Å². The first-order chi connectivity index (χ1) is 28.9. The minimum Gasteiger partial charge on any atom is -0.352 e. The summed E-state index contributed by atoms with van der Waals surface area (Å²) in [5.74, 6) is 0.394. The molecule has 6 heterocycles. The van der Waals surface area contributed by atoms with E-state index in [2.05, 4.69) is 6.92 Å². The number of ether oxygens (including phenoxy) is 3. The summed E-state index contributed by atoms with van der Waals surface area (Å²) in [5.41, 5.74) is 2.85. The van der Waals surface area contributed by atoms with Crippen molar-refractivity contribution in [1.82, 2.24) is 14.7 Å². The van der Waals surface area contributed by atoms with Crippen molar-refractivity contribution in [2.24, 2.45) is 22.7 Å². The van der Waals surface area contributed by atoms with Gasteiger partial charge in [0.2, 0.25) is 11.8 Å². The summed E-state index contributed by atoms with van der Waals surface area (Å²) in [6.07, 6.45) is 6.06. The Morgan fingerprint density at radius 1 is 0.567 bits per heavy atom. The topological polar surface area (TPSA) is 88.6 Å². The van der Waals surface area contributed by atoms with E-state index in [1.165, 1.54) is 0 Å². The van der Waals surface area contributed by atoms with Gasteiger partial charge in [0.15, 0.2) is 18.7 Å². The van der Waals surface area contributed by atoms with E-state index in [1.807, 2.05) is 126 Å². The molecule has 2 aliphatic carbocycles. The first-order valence-electron chi connectivity index (χ1n) is 21.3. The Morgan fingerprint density at radius 2 is 0.933 bits per heavy atom. The molecule has 10 atom stereocenters. The summed E-state index contributed by atoms with van der Waals surface area (Å²) in [5, 5.41) is 0. The third-order valence-electron chi connectivity index (χ3n) is 14.2. The van der Waals surface area contributed by atoms with Crippen molar-refractivity contribution < 1.29 is 28.6 Å². The Kier molecular flexibility index (Phi) is 11.2. The van der Waals surface area contributed by atoms with E-state index in [0.717, 1.165) is 47.9 Å². The van der Waals surface area contributed by atoms with Crippen LogP contribution < -0.4 is 0 Å². The van der Waals surface area contributed by atoms with Crippen LogP contribution in [-0.2, 0) is 28.6 Å². The molecule has 0 bridgehead atoms. The van der Waals surface area contributed by atoms with Gasteiger partial charge in [0.1, 0.15) is 8.67 Å². The first-order valence-corrected chi connectivity index (χ1v) is 22.8. The van der Waals surface area contributed by atoms with Crippen LogP contribution in [-0.4, -0.2) is 79.0 Å². The maximum Gasteiger partial charge on any atom is 0.252 e. The van der Waals surface area contributed by atoms with Gasteiger partial charge in [-0.15, -0.1) is 46.4 Å². The van der Waals surface area contributed by atoms with E-state index in [9.17, 15) is 14.4 Å². The molecule has 0 N–H and O–H groups in total. The smallest absolute Gasteiger partial charge is 0.252 e. The van der Waals surface area contributed by atoms with Crippen LogP contribution in [0.1, 0.15) is 94.7 Å². The zero-order valence-electron chi connectivity index (χ0n) is 34.0. The molecule has 6 aliphatic heterocycles. The summed E-state index contributed by atoms with van der Waals surface area (Å²) in [6.45, 7) is 7.92. The predicted molar refractivity (Wildman–Crippen MR) is 231 cm³/mol. The Bertz CT molecular complexity index is 2040. The Balaban J connectivity index is 0.000000116. The largest absolute Gasteiger partial charge is 0.352 e. The van der Waals surface area contributed by atoms with Gasteiger partial charge in [-0.2, -0.15) is 0 Å². The molecular weight excluding hydrogens is 844 g/mol. The average molecular weight is 896 g/mol. The lowest BCUT2D eigenvalue weighted by atomic mass is 9.98. The maximum atomic E-state index is 13.0. The molecule has 0 radical (unpaired) electrons. The molecule has 3 aromatic rings. The van der Waals surface area contributed by atoms with Crippen LogP contribution in [0.25, 0.3) is 0 Å². The molecule has 3 amide bonds. The van der Waals surface area contributed by atoms with Crippen LogP contribution >= 0.6 is 46.4 Å². The van der Waals surface area contributed by atoms with Gasteiger partial charge < -0.3 is 28.9 Å². The minimum absolute atomic E-state index is 0.0582. The summed E-state index contributed by atoms with van der Waals surface area (Å²) in [6, 6.07) is 30.1. The number of nitrogens with zero attached hydrogens (tertiary/aromatic N) is 3. The van der Waals surface area contributed by atoms with Crippen molar-refractivity contribution in [3.05, 3.63) is 119 Å². The molecule has 8 fully saturated rings. The van der Waals surface area contributed by atoms with Gasteiger partial charge in [-0.1, -0.05) is 118 Å². The van der Waals surface area contributed by atoms with Crippen molar-refractivity contribution in [1.29, 1.82) is 0 Å². The van der Waals surface area contributed by atoms with E-state index in [4.69, 9.17) is 60.6 Å². The van der Waals surface area contributed by atoms with E-state index in [-0.39, 0.29) is 66.4 Å². The fourth-order valence-electron chi connectivity index (χ4n) is 11.3. The maximum absolute atomic E-state index is 13.0. The highest BCUT2D eigenvalue weighted by atomic mass is 35.5. The van der Waals surface area contributed by atoms with E-state index in [0.29, 0.717) is 32.7 Å². The van der Waals surface area contributed by atoms with Crippen molar-refractivity contribution in [3.8, 4) is 0 Å². The predicted octanol–water partition coefficient (Wildman–Crippen LogP) is 9.69. The number of carbonyl (C=O) groups excluding carboxylic acids is 3. The van der Waals surface area contributed by atoms with Crippen molar-refractivity contribution >= 4 is 64.1 Å². The second kappa shape index (κ2) is 15.9. The third kappa shape index (κ3) is 6.30. The van der Waals surface area contributed by atoms with Crippen molar-refractivity contribution in [3.63, 3.8) is 0 Å². The van der Waals surface area contributed by atoms with Crippen LogP contribution in [0.15, 0.2) is 103 Å². The lowest BCUT2D eigenvalue weighted by Crippen LogP contribution is -2.33. The number of benzene rings is 3. The van der Waals surface area contributed by atoms with Crippen molar-refractivity contribution in [2.75, 3.05) is 19.8 Å². The number of halogens is 4. The molecule has 5 unspecified atom stereocenters. The molecule has 3 aromatic carbocycles. The molecule has 9 nitrogen and oxygen atoms in total. The van der Waals surface area contributed by atoms with Gasteiger partial charge in [-0.05, 0) is 32.1 Å². The average Bonchev–Trinajstić information content (AvgIpc) is 3.85. The standard InChI is InChI=1S/2C16H17Cl2NO2.C15H17NO2/c2*1-2-12-15(16(12,17)18)8-11-9-21-13(19(11)14(15)20)10-6-4-3-5-7-10;1-2-6-12-9-13-10-18-15(16(13)14(12)17)11-7-4-3-5-8-11/h2*3-7,11-13H,2,8-9H2,1H3;3-8,13,15H,2,9-10H2,1H3/b;;12-6+/t11?,12-,13+,15?;11?,12-,13-,15?;13?,15-/m011/s1. The molecule has 13 heteroatoms. The lowest BCUT2D eigenvalue weighted by Gasteiger charge is -2.23. The van der Waals surface area contributed by atoms with Crippen LogP contribution in [0.4, 0.5) is 0 Å². The van der Waals surface area contributed by atoms with Crippen LogP contribution in [0.2, 0.25) is 0 Å². The number of hydrogen-bond acceptors (Lipinski definition) is 6. The highest BCUT2D eigenvalue weighted by Crippen LogP contribution is 2.77. The second-order valence-electron chi connectivity index (χ2n) is 17.2. The molecule has 0 aromatic heterocycles. The number of rotatable bonds is 6. The molecular formula is C47H51Cl4N3O6. The third-order valence-corrected chi connectivity index (χ3v) is 16.6. The van der Waals surface area contributed by atoms with E-state index < -0.39 is 19.5 Å². The van der Waals surface area contributed by atoms with Gasteiger partial charge in [0.25, 0.3) is 5.91 Å². The number of amides is 3. The minimum atomic E-state index is -0.912.